The normalized spacial score (nSPS) is 19.1. The van der Waals surface area contributed by atoms with Gasteiger partial charge < -0.3 is 23.9 Å². The van der Waals surface area contributed by atoms with Crippen LogP contribution in [0.5, 0.6) is 0 Å². The van der Waals surface area contributed by atoms with Crippen LogP contribution >= 0.6 is 47.0 Å². The molecule has 0 bridgehead atoms. The Bertz CT molecular complexity index is 1970. The fourth-order valence-electron chi connectivity index (χ4n) is 4.78. The van der Waals surface area contributed by atoms with Crippen LogP contribution in [0.25, 0.3) is 11.2 Å². The third-order valence-electron chi connectivity index (χ3n) is 7.04. The minimum absolute atomic E-state index is 0.177. The Morgan fingerprint density at radius 1 is 0.761 bits per heavy atom. The molecule has 234 valence electrons. The largest absolute Gasteiger partial charge is 0.459 e. The van der Waals surface area contributed by atoms with Crippen molar-refractivity contribution in [2.24, 2.45) is 0 Å². The maximum absolute atomic E-state index is 13.4. The summed E-state index contributed by atoms with van der Waals surface area (Å²) in [6, 6.07) is 18.2. The molecule has 46 heavy (non-hydrogen) atoms. The maximum Gasteiger partial charge on any atom is 0.338 e. The molecule has 0 aliphatic carbocycles. The van der Waals surface area contributed by atoms with Crippen molar-refractivity contribution < 1.29 is 33.3 Å². The number of nitrogens with zero attached hydrogens (tertiary/aromatic N) is 3. The monoisotopic (exact) mass is 698 g/mol. The van der Waals surface area contributed by atoms with Gasteiger partial charge in [-0.3, -0.25) is 4.57 Å². The van der Waals surface area contributed by atoms with E-state index >= 15 is 0 Å². The molecule has 2 aromatic heterocycles. The predicted octanol–water partition coefficient (Wildman–Crippen LogP) is 6.65. The van der Waals surface area contributed by atoms with Gasteiger partial charge in [-0.15, -0.1) is 0 Å². The molecule has 0 unspecified atom stereocenters. The zero-order valence-corrected chi connectivity index (χ0v) is 26.4. The first-order chi connectivity index (χ1) is 22.2. The topological polar surface area (TPSA) is 135 Å². The lowest BCUT2D eigenvalue weighted by molar-refractivity contribution is -0.0606. The molecule has 0 amide bonds. The zero-order valence-electron chi connectivity index (χ0n) is 23.3. The molecule has 1 fully saturated rings. The van der Waals surface area contributed by atoms with Crippen molar-refractivity contribution >= 4 is 76.1 Å². The second-order valence-corrected chi connectivity index (χ2v) is 11.7. The zero-order chi connectivity index (χ0) is 32.4. The van der Waals surface area contributed by atoms with Crippen molar-refractivity contribution in [2.45, 2.75) is 24.5 Å². The molecule has 0 radical (unpaired) electrons. The van der Waals surface area contributed by atoms with Gasteiger partial charge in [-0.25, -0.2) is 24.4 Å². The number of fused-ring (bicyclic) bond motifs is 1. The van der Waals surface area contributed by atoms with Gasteiger partial charge in [-0.2, -0.15) is 0 Å². The lowest BCUT2D eigenvalue weighted by Gasteiger charge is -2.25. The van der Waals surface area contributed by atoms with Crippen LogP contribution in [0.1, 0.15) is 37.3 Å². The third-order valence-corrected chi connectivity index (χ3v) is 8.10. The summed E-state index contributed by atoms with van der Waals surface area (Å²) in [6.45, 7) is -0.379. The van der Waals surface area contributed by atoms with Crippen LogP contribution in [0.4, 0.5) is 0 Å². The first-order valence-electron chi connectivity index (χ1n) is 13.6. The number of hydrogen-bond acceptors (Lipinski definition) is 10. The number of carbonyl (C=O) groups excluding carboxylic acids is 3. The standard InChI is InChI=1S/C31H21Cl3N4O7S/c32-19-7-1-16(2-8-19)29(39)42-13-22-24(44-30(40)17-3-9-20(33)10-4-17)25(45-31(41)18-5-11-21(34)12-6-18)28(43-22)38-15-37-23-26(38)35-14-36-27(23)46/h1-12,14-15,22,24-25,28H,13H2,(H,35,36,46)/t22-,24+,25+,28-/m1/s1. The van der Waals surface area contributed by atoms with Crippen LogP contribution in [0, 0.1) is 4.64 Å². The van der Waals surface area contributed by atoms with Crippen LogP contribution in [0.15, 0.2) is 85.5 Å². The second-order valence-electron chi connectivity index (χ2n) is 9.98. The molecule has 0 saturated carbocycles. The molecule has 0 spiro atoms. The van der Waals surface area contributed by atoms with Crippen molar-refractivity contribution in [3.05, 3.63) is 122 Å². The number of aromatic nitrogens is 4. The van der Waals surface area contributed by atoms with E-state index < -0.39 is 42.4 Å². The molecule has 1 N–H and O–H groups in total. The van der Waals surface area contributed by atoms with Gasteiger partial charge in [-0.05, 0) is 72.8 Å². The Labute approximate surface area is 280 Å². The van der Waals surface area contributed by atoms with Crippen molar-refractivity contribution in [1.82, 2.24) is 19.5 Å². The maximum atomic E-state index is 13.4. The molecule has 4 atom stereocenters. The van der Waals surface area contributed by atoms with Gasteiger partial charge in [0.1, 0.15) is 23.9 Å². The summed E-state index contributed by atoms with van der Waals surface area (Å²) in [5.41, 5.74) is 1.36. The summed E-state index contributed by atoms with van der Waals surface area (Å²) in [6.07, 6.45) is -1.97. The molecule has 1 saturated heterocycles. The minimum Gasteiger partial charge on any atom is -0.459 e. The van der Waals surface area contributed by atoms with Crippen molar-refractivity contribution in [2.75, 3.05) is 6.61 Å². The van der Waals surface area contributed by atoms with E-state index in [1.165, 1.54) is 77.9 Å². The highest BCUT2D eigenvalue weighted by Gasteiger charge is 2.51. The highest BCUT2D eigenvalue weighted by atomic mass is 35.5. The predicted molar refractivity (Wildman–Crippen MR) is 170 cm³/mol. The van der Waals surface area contributed by atoms with Gasteiger partial charge in [0.05, 0.1) is 29.3 Å². The Morgan fingerprint density at radius 2 is 1.26 bits per heavy atom. The Balaban J connectivity index is 1.37. The second kappa shape index (κ2) is 13.6. The van der Waals surface area contributed by atoms with Gasteiger partial charge in [-0.1, -0.05) is 47.0 Å². The molecule has 1 aliphatic rings. The quantitative estimate of drug-likeness (QED) is 0.107. The van der Waals surface area contributed by atoms with E-state index in [-0.39, 0.29) is 27.9 Å². The number of carbonyl (C=O) groups is 3. The first kappa shape index (κ1) is 31.6. The highest BCUT2D eigenvalue weighted by Crippen LogP contribution is 2.37. The van der Waals surface area contributed by atoms with E-state index in [1.54, 1.807) is 12.1 Å². The van der Waals surface area contributed by atoms with E-state index in [4.69, 9.17) is 66.0 Å². The molecule has 6 rings (SSSR count). The van der Waals surface area contributed by atoms with Crippen LogP contribution < -0.4 is 0 Å². The lowest BCUT2D eigenvalue weighted by Crippen LogP contribution is -2.41. The van der Waals surface area contributed by atoms with E-state index in [0.29, 0.717) is 26.2 Å². The number of hydrogen-bond donors (Lipinski definition) is 1. The van der Waals surface area contributed by atoms with E-state index in [1.807, 2.05) is 0 Å². The molecule has 11 nitrogen and oxygen atoms in total. The SMILES string of the molecule is O=C(OC[C@H]1O[C@@H](n2cnc3c(=S)nc[nH]c32)[C@@H](OC(=O)c2ccc(Cl)cc2)[C@H]1OC(=O)c1ccc(Cl)cc1)c1ccc(Cl)cc1. The van der Waals surface area contributed by atoms with E-state index in [0.717, 1.165) is 0 Å². The van der Waals surface area contributed by atoms with Crippen LogP contribution in [-0.4, -0.2) is 62.3 Å². The average molecular weight is 700 g/mol. The van der Waals surface area contributed by atoms with E-state index in [2.05, 4.69) is 15.0 Å². The number of ether oxygens (including phenoxy) is 4. The van der Waals surface area contributed by atoms with Gasteiger partial charge >= 0.3 is 17.9 Å². The summed E-state index contributed by atoms with van der Waals surface area (Å²) < 4.78 is 25.6. The van der Waals surface area contributed by atoms with E-state index in [9.17, 15) is 14.4 Å². The number of imidazole rings is 1. The number of benzene rings is 3. The number of aromatic amines is 1. The summed E-state index contributed by atoms with van der Waals surface area (Å²) in [5.74, 6) is -2.18. The molecular weight excluding hydrogens is 679 g/mol. The number of halogens is 3. The van der Waals surface area contributed by atoms with Crippen LogP contribution in [0.3, 0.4) is 0 Å². The third kappa shape index (κ3) is 6.76. The minimum atomic E-state index is -1.27. The van der Waals surface area contributed by atoms with Gasteiger partial charge in [0, 0.05) is 15.1 Å². The van der Waals surface area contributed by atoms with Gasteiger partial charge in [0.25, 0.3) is 0 Å². The highest BCUT2D eigenvalue weighted by molar-refractivity contribution is 7.71. The Kier molecular flexibility index (Phi) is 9.34. The summed E-state index contributed by atoms with van der Waals surface area (Å²) >= 11 is 23.3. The van der Waals surface area contributed by atoms with Gasteiger partial charge in [0.15, 0.2) is 23.1 Å². The fraction of sp³-hybridized carbons (Fsp3) is 0.161. The summed E-state index contributed by atoms with van der Waals surface area (Å²) in [5, 5.41) is 1.28. The van der Waals surface area contributed by atoms with Crippen LogP contribution in [-0.2, 0) is 18.9 Å². The number of esters is 3. The lowest BCUT2D eigenvalue weighted by atomic mass is 10.1. The fourth-order valence-corrected chi connectivity index (χ4v) is 5.36. The first-order valence-corrected chi connectivity index (χ1v) is 15.1. The molecule has 5 aromatic rings. The number of H-pyrrole nitrogens is 1. The number of rotatable bonds is 8. The van der Waals surface area contributed by atoms with Gasteiger partial charge in [0.2, 0.25) is 0 Å². The molecule has 1 aliphatic heterocycles. The Hall–Kier alpha value is -4.33. The average Bonchev–Trinajstić information content (AvgIpc) is 3.62. The number of nitrogens with one attached hydrogen (secondary N) is 1. The Morgan fingerprint density at radius 3 is 1.80 bits per heavy atom. The summed E-state index contributed by atoms with van der Waals surface area (Å²) in [7, 11) is 0. The van der Waals surface area contributed by atoms with Crippen LogP contribution in [0.2, 0.25) is 15.1 Å². The van der Waals surface area contributed by atoms with Crippen molar-refractivity contribution in [3.8, 4) is 0 Å². The summed E-state index contributed by atoms with van der Waals surface area (Å²) in [4.78, 5) is 51.1. The van der Waals surface area contributed by atoms with Crippen molar-refractivity contribution in [3.63, 3.8) is 0 Å². The smallest absolute Gasteiger partial charge is 0.338 e. The molecular formula is C31H21Cl3N4O7S. The molecule has 15 heteroatoms. The molecule has 3 heterocycles. The molecule has 3 aromatic carbocycles. The van der Waals surface area contributed by atoms with Crippen molar-refractivity contribution in [1.29, 1.82) is 0 Å².